The van der Waals surface area contributed by atoms with Crippen LogP contribution in [-0.4, -0.2) is 28.8 Å². The average Bonchev–Trinajstić information content (AvgIpc) is 3.17. The van der Waals surface area contributed by atoms with Crippen LogP contribution in [0.25, 0.3) is 0 Å². The Morgan fingerprint density at radius 2 is 1.84 bits per heavy atom. The Morgan fingerprint density at radius 1 is 1.06 bits per heavy atom. The Bertz CT molecular complexity index is 1060. The summed E-state index contributed by atoms with van der Waals surface area (Å²) in [7, 11) is -1.38. The lowest BCUT2D eigenvalue weighted by molar-refractivity contribution is -0.137. The number of fused-ring (bicyclic) bond motifs is 1. The molecule has 1 aromatic heterocycles. The number of ether oxygens (including phenoxy) is 1. The van der Waals surface area contributed by atoms with E-state index in [1.54, 1.807) is 24.3 Å². The second-order valence-corrected chi connectivity index (χ2v) is 8.28. The number of hydrogen-bond donors (Lipinski definition) is 1. The highest BCUT2D eigenvalue weighted by molar-refractivity contribution is 7.83. The summed E-state index contributed by atoms with van der Waals surface area (Å²) in [6.07, 6.45) is -2.70. The molecule has 0 saturated carbocycles. The first kappa shape index (κ1) is 21.3. The molecule has 31 heavy (non-hydrogen) atoms. The van der Waals surface area contributed by atoms with Gasteiger partial charge >= 0.3 is 6.18 Å². The van der Waals surface area contributed by atoms with Gasteiger partial charge in [-0.1, -0.05) is 18.2 Å². The predicted molar refractivity (Wildman–Crippen MR) is 113 cm³/mol. The molecule has 1 atom stereocenters. The van der Waals surface area contributed by atoms with Gasteiger partial charge in [-0.25, -0.2) is 13.9 Å². The van der Waals surface area contributed by atoms with Gasteiger partial charge in [0.2, 0.25) is 5.88 Å². The minimum atomic E-state index is -4.44. The molecule has 2 heterocycles. The molecule has 3 aromatic rings. The molecular formula is C22H20F3N3O2S. The Labute approximate surface area is 180 Å². The van der Waals surface area contributed by atoms with Crippen LogP contribution in [0.1, 0.15) is 11.1 Å². The van der Waals surface area contributed by atoms with Crippen LogP contribution < -0.4 is 14.4 Å². The molecule has 5 nitrogen and oxygen atoms in total. The van der Waals surface area contributed by atoms with Gasteiger partial charge in [-0.15, -0.1) is 0 Å². The quantitative estimate of drug-likeness (QED) is 0.577. The van der Waals surface area contributed by atoms with Crippen molar-refractivity contribution in [2.75, 3.05) is 24.5 Å². The van der Waals surface area contributed by atoms with Gasteiger partial charge in [-0.3, -0.25) is 0 Å². The van der Waals surface area contributed by atoms with Gasteiger partial charge in [-0.05, 0) is 48.4 Å². The maximum Gasteiger partial charge on any atom is 0.417 e. The van der Waals surface area contributed by atoms with Crippen molar-refractivity contribution >= 4 is 16.7 Å². The molecule has 1 N–H and O–H groups in total. The van der Waals surface area contributed by atoms with Crippen LogP contribution in [0, 0.1) is 0 Å². The van der Waals surface area contributed by atoms with Crippen molar-refractivity contribution in [3.8, 4) is 11.6 Å². The zero-order valence-corrected chi connectivity index (χ0v) is 17.2. The highest BCUT2D eigenvalue weighted by atomic mass is 32.2. The first-order chi connectivity index (χ1) is 14.9. The van der Waals surface area contributed by atoms with Gasteiger partial charge in [0.05, 0.1) is 10.5 Å². The summed E-state index contributed by atoms with van der Waals surface area (Å²) in [5.41, 5.74) is 1.73. The summed E-state index contributed by atoms with van der Waals surface area (Å²) in [5, 5.41) is 0. The van der Waals surface area contributed by atoms with Crippen molar-refractivity contribution in [3.05, 3.63) is 78.0 Å². The number of aromatic nitrogens is 1. The third-order valence-electron chi connectivity index (χ3n) is 4.92. The van der Waals surface area contributed by atoms with E-state index in [0.717, 1.165) is 37.8 Å². The Balaban J connectivity index is 1.28. The lowest BCUT2D eigenvalue weighted by atomic mass is 10.2. The number of anilines is 1. The van der Waals surface area contributed by atoms with Crippen LogP contribution >= 0.6 is 0 Å². The molecule has 0 saturated heterocycles. The largest absolute Gasteiger partial charge is 0.439 e. The Kier molecular flexibility index (Phi) is 6.24. The van der Waals surface area contributed by atoms with Crippen LogP contribution in [0.3, 0.4) is 0 Å². The van der Waals surface area contributed by atoms with E-state index in [0.29, 0.717) is 17.2 Å². The van der Waals surface area contributed by atoms with Crippen molar-refractivity contribution < 1.29 is 22.1 Å². The van der Waals surface area contributed by atoms with Gasteiger partial charge in [0.1, 0.15) is 16.7 Å². The van der Waals surface area contributed by atoms with Crippen LogP contribution in [0.5, 0.6) is 11.6 Å². The molecule has 0 aliphatic carbocycles. The molecule has 0 radical (unpaired) electrons. The van der Waals surface area contributed by atoms with Crippen molar-refractivity contribution in [1.29, 1.82) is 0 Å². The third-order valence-corrected chi connectivity index (χ3v) is 6.09. The van der Waals surface area contributed by atoms with E-state index >= 15 is 0 Å². The SMILES string of the molecule is O=S(NCCN1CCc2ccccc21)c1ccc(Oc2ccc(C(F)(F)F)cn2)cc1. The monoisotopic (exact) mass is 447 g/mol. The van der Waals surface area contributed by atoms with E-state index in [1.165, 1.54) is 11.3 Å². The fraction of sp³-hybridized carbons (Fsp3) is 0.227. The third kappa shape index (κ3) is 5.23. The molecule has 2 aromatic carbocycles. The van der Waals surface area contributed by atoms with E-state index in [9.17, 15) is 17.4 Å². The Morgan fingerprint density at radius 3 is 2.55 bits per heavy atom. The van der Waals surface area contributed by atoms with E-state index in [2.05, 4.69) is 26.7 Å². The predicted octanol–water partition coefficient (Wildman–Crippen LogP) is 4.57. The standard InChI is InChI=1S/C22H20F3N3O2S/c23-22(24,25)17-5-10-21(26-15-17)30-18-6-8-19(9-7-18)31(29)27-12-14-28-13-11-16-3-1-2-4-20(16)28/h1-10,15,27H,11-14H2. The van der Waals surface area contributed by atoms with Crippen molar-refractivity contribution in [3.63, 3.8) is 0 Å². The summed E-state index contributed by atoms with van der Waals surface area (Å²) in [4.78, 5) is 6.52. The molecule has 0 amide bonds. The van der Waals surface area contributed by atoms with Crippen LogP contribution in [0.15, 0.2) is 71.8 Å². The number of para-hydroxylation sites is 1. The highest BCUT2D eigenvalue weighted by Crippen LogP contribution is 2.30. The summed E-state index contributed by atoms with van der Waals surface area (Å²) in [6, 6.07) is 16.9. The van der Waals surface area contributed by atoms with Gasteiger partial charge in [0, 0.05) is 37.6 Å². The number of halogens is 3. The van der Waals surface area contributed by atoms with E-state index in [4.69, 9.17) is 4.74 Å². The second-order valence-electron chi connectivity index (χ2n) is 6.99. The molecule has 0 bridgehead atoms. The van der Waals surface area contributed by atoms with E-state index in [1.807, 2.05) is 12.1 Å². The molecule has 0 fully saturated rings. The molecule has 9 heteroatoms. The normalized spacial score (nSPS) is 14.4. The van der Waals surface area contributed by atoms with Gasteiger partial charge in [0.15, 0.2) is 0 Å². The number of pyridine rings is 1. The second kappa shape index (κ2) is 9.07. The van der Waals surface area contributed by atoms with Crippen LogP contribution in [0.2, 0.25) is 0 Å². The highest BCUT2D eigenvalue weighted by Gasteiger charge is 2.30. The molecule has 162 valence electrons. The molecule has 1 unspecified atom stereocenters. The summed E-state index contributed by atoms with van der Waals surface area (Å²) in [5.74, 6) is 0.438. The number of benzene rings is 2. The fourth-order valence-corrected chi connectivity index (χ4v) is 4.18. The molecular weight excluding hydrogens is 427 g/mol. The summed E-state index contributed by atoms with van der Waals surface area (Å²) >= 11 is 0. The number of nitrogens with one attached hydrogen (secondary N) is 1. The van der Waals surface area contributed by atoms with E-state index in [-0.39, 0.29) is 5.88 Å². The van der Waals surface area contributed by atoms with Crippen molar-refractivity contribution in [2.24, 2.45) is 0 Å². The van der Waals surface area contributed by atoms with Crippen LogP contribution in [-0.2, 0) is 23.6 Å². The number of hydrogen-bond acceptors (Lipinski definition) is 4. The summed E-state index contributed by atoms with van der Waals surface area (Å²) in [6.45, 7) is 2.27. The minimum Gasteiger partial charge on any atom is -0.439 e. The number of nitrogens with zero attached hydrogens (tertiary/aromatic N) is 2. The molecule has 0 spiro atoms. The van der Waals surface area contributed by atoms with Gasteiger partial charge in [0.25, 0.3) is 0 Å². The van der Waals surface area contributed by atoms with Crippen molar-refractivity contribution in [1.82, 2.24) is 9.71 Å². The maximum atomic E-state index is 12.6. The Hall–Kier alpha value is -2.91. The first-order valence-corrected chi connectivity index (χ1v) is 10.8. The molecule has 1 aliphatic rings. The smallest absolute Gasteiger partial charge is 0.417 e. The lowest BCUT2D eigenvalue weighted by Crippen LogP contribution is -2.31. The van der Waals surface area contributed by atoms with Crippen molar-refractivity contribution in [2.45, 2.75) is 17.5 Å². The fourth-order valence-electron chi connectivity index (χ4n) is 3.36. The van der Waals surface area contributed by atoms with Gasteiger partial charge in [-0.2, -0.15) is 13.2 Å². The number of alkyl halides is 3. The first-order valence-electron chi connectivity index (χ1n) is 9.69. The van der Waals surface area contributed by atoms with E-state index < -0.39 is 22.7 Å². The number of rotatable bonds is 7. The lowest BCUT2D eigenvalue weighted by Gasteiger charge is -2.19. The molecule has 4 rings (SSSR count). The average molecular weight is 447 g/mol. The topological polar surface area (TPSA) is 54.5 Å². The van der Waals surface area contributed by atoms with Gasteiger partial charge < -0.3 is 9.64 Å². The summed E-state index contributed by atoms with van der Waals surface area (Å²) < 4.78 is 58.7. The van der Waals surface area contributed by atoms with Crippen LogP contribution in [0.4, 0.5) is 18.9 Å². The zero-order chi connectivity index (χ0) is 21.8. The minimum absolute atomic E-state index is 0.0471. The molecule has 1 aliphatic heterocycles. The maximum absolute atomic E-state index is 12.6. The zero-order valence-electron chi connectivity index (χ0n) is 16.4.